The fourth-order valence-electron chi connectivity index (χ4n) is 8.65. The molecule has 16 atom stereocenters. The summed E-state index contributed by atoms with van der Waals surface area (Å²) in [6.45, 7) is -1.56. The van der Waals surface area contributed by atoms with Gasteiger partial charge in [-0.25, -0.2) is 38.0 Å². The number of fused-ring (bicyclic) bond motifs is 2. The van der Waals surface area contributed by atoms with Crippen LogP contribution in [-0.2, 0) is 75.8 Å². The minimum absolute atomic E-state index is 0.0107. The lowest BCUT2D eigenvalue weighted by Gasteiger charge is -2.31. The van der Waals surface area contributed by atoms with Gasteiger partial charge in [0.15, 0.2) is 30.2 Å². The molecule has 0 spiro atoms. The van der Waals surface area contributed by atoms with E-state index in [1.807, 2.05) is 4.98 Å². The number of anilines is 2. The van der Waals surface area contributed by atoms with Crippen LogP contribution in [0, 0.1) is 5.92 Å². The highest BCUT2D eigenvalue weighted by Crippen LogP contribution is 2.68. The van der Waals surface area contributed by atoms with E-state index >= 15 is 0 Å². The summed E-state index contributed by atoms with van der Waals surface area (Å²) in [5.74, 6) is -2.18. The molecule has 430 valence electrons. The third-order valence-electron chi connectivity index (χ3n) is 12.4. The molecule has 3 aliphatic rings. The number of nitrogens with one attached hydrogen (secondary N) is 2. The van der Waals surface area contributed by atoms with Crippen molar-refractivity contribution in [2.45, 2.75) is 80.9 Å². The van der Waals surface area contributed by atoms with Crippen molar-refractivity contribution in [2.75, 3.05) is 52.0 Å². The number of H-pyrrole nitrogens is 2. The Hall–Kier alpha value is -5.11. The second-order valence-electron chi connectivity index (χ2n) is 17.5. The number of carbonyl (C=O) groups is 1. The second-order valence-corrected chi connectivity index (χ2v) is 23.5. The summed E-state index contributed by atoms with van der Waals surface area (Å²) in [4.78, 5) is 117. The summed E-state index contributed by atoms with van der Waals surface area (Å²) in [7, 11) is -19.9. The van der Waals surface area contributed by atoms with E-state index in [0.29, 0.717) is 4.57 Å². The number of phosphoric ester groups is 3. The van der Waals surface area contributed by atoms with Gasteiger partial charge in [-0.15, -0.1) is 0 Å². The molecule has 8 rings (SSSR count). The standard InChI is InChI=1S/C36H51N13O25P4/c1-5-45(2)20(51)8-15-16(69-32(23(15)52)49-14-46(3)22-30(49)43-35(38)44-31(22)55)9-67-76(59,60)73-78(63,64)74-77(61,62)68-11-18-26(27(65-4)34(71-18)48-13-41-21-28(37)39-12-40-29(21)48)72-75(57,58)66-10-17-24(53)25(54)33(70-17)47-7-6-19(50)42-36(47)56/h6-7,12-18,23-27,32-34,52-54H,5,8-11H2,1-4H3,(H9-,37,38,39,40,42,43,44,50,55,56,57,58,59,60,61,62,63,64)/t15-,16-,17-,18?,23-,24-,25-,26-,27-,32?,33-,34-/m1/s1. The molecule has 0 bridgehead atoms. The van der Waals surface area contributed by atoms with Crippen molar-refractivity contribution in [3.8, 4) is 0 Å². The number of aromatic nitrogens is 10. The molecule has 0 saturated carbocycles. The first-order valence-corrected chi connectivity index (χ1v) is 28.6. The number of phosphoric acid groups is 4. The molecule has 8 heterocycles. The van der Waals surface area contributed by atoms with Crippen LogP contribution in [0.1, 0.15) is 32.0 Å². The normalized spacial score (nSPS) is 29.6. The topological polar surface area (TPSA) is 530 Å². The molecule has 3 aliphatic heterocycles. The quantitative estimate of drug-likeness (QED) is 0.0231. The van der Waals surface area contributed by atoms with E-state index in [9.17, 15) is 72.3 Å². The van der Waals surface area contributed by atoms with E-state index in [0.717, 1.165) is 32.0 Å². The number of aromatic amines is 2. The van der Waals surface area contributed by atoms with Crippen molar-refractivity contribution in [1.82, 2.24) is 48.5 Å². The summed E-state index contributed by atoms with van der Waals surface area (Å²) in [6.07, 6.45) is -14.7. The zero-order valence-corrected chi connectivity index (χ0v) is 44.3. The fraction of sp³-hybridized carbons (Fsp3) is 0.583. The van der Waals surface area contributed by atoms with E-state index in [1.165, 1.54) is 39.0 Å². The van der Waals surface area contributed by atoms with Crippen molar-refractivity contribution in [2.24, 2.45) is 13.0 Å². The Labute approximate surface area is 435 Å². The monoisotopic (exact) mass is 1190 g/mol. The molecule has 3 fully saturated rings. The zero-order valence-electron chi connectivity index (χ0n) is 40.8. The number of imidazole rings is 2. The lowest BCUT2D eigenvalue weighted by Crippen LogP contribution is -2.45. The predicted molar refractivity (Wildman–Crippen MR) is 251 cm³/mol. The van der Waals surface area contributed by atoms with Gasteiger partial charge in [0.2, 0.25) is 17.7 Å². The van der Waals surface area contributed by atoms with Gasteiger partial charge in [0, 0.05) is 45.3 Å². The van der Waals surface area contributed by atoms with Crippen LogP contribution in [-0.4, -0.2) is 174 Å². The highest BCUT2D eigenvalue weighted by molar-refractivity contribution is 7.66. The Morgan fingerprint density at radius 1 is 0.859 bits per heavy atom. The van der Waals surface area contributed by atoms with Gasteiger partial charge in [-0.3, -0.25) is 51.7 Å². The summed E-state index contributed by atoms with van der Waals surface area (Å²) in [6, 6.07) is 0.911. The number of carbonyl (C=O) groups excluding carboxylic acids is 1. The van der Waals surface area contributed by atoms with Crippen LogP contribution >= 0.6 is 31.3 Å². The van der Waals surface area contributed by atoms with Crippen LogP contribution in [0.5, 0.6) is 0 Å². The van der Waals surface area contributed by atoms with Gasteiger partial charge in [-0.1, -0.05) is 4.98 Å². The predicted octanol–water partition coefficient (Wildman–Crippen LogP) is -4.38. The third kappa shape index (κ3) is 12.6. The van der Waals surface area contributed by atoms with E-state index in [4.69, 9.17) is 48.5 Å². The number of nitrogens with two attached hydrogens (primary N) is 2. The first-order valence-electron chi connectivity index (χ1n) is 22.6. The number of amides is 1. The summed E-state index contributed by atoms with van der Waals surface area (Å²) in [5.41, 5.74) is 9.10. The third-order valence-corrected chi connectivity index (χ3v) is 17.7. The summed E-state index contributed by atoms with van der Waals surface area (Å²) < 4.78 is 109. The van der Waals surface area contributed by atoms with Crippen molar-refractivity contribution in [1.29, 1.82) is 0 Å². The number of nitrogens with zero attached hydrogens (tertiary/aromatic N) is 9. The molecular formula is C36H51N13O25P4. The Morgan fingerprint density at radius 2 is 1.51 bits per heavy atom. The van der Waals surface area contributed by atoms with Gasteiger partial charge in [0.1, 0.15) is 54.6 Å². The molecule has 38 nitrogen and oxygen atoms in total. The van der Waals surface area contributed by atoms with E-state index in [-0.39, 0.29) is 40.6 Å². The van der Waals surface area contributed by atoms with Gasteiger partial charge in [-0.05, 0) is 6.92 Å². The Balaban J connectivity index is 0.953. The molecule has 1 amide bonds. The van der Waals surface area contributed by atoms with Gasteiger partial charge in [-0.2, -0.15) is 8.62 Å². The minimum Gasteiger partial charge on any atom is -0.756 e. The zero-order chi connectivity index (χ0) is 57.0. The average molecular weight is 1190 g/mol. The Morgan fingerprint density at radius 3 is 2.17 bits per heavy atom. The summed E-state index contributed by atoms with van der Waals surface area (Å²) >= 11 is 0. The smallest absolute Gasteiger partial charge is 0.490 e. The van der Waals surface area contributed by atoms with Crippen molar-refractivity contribution in [3.63, 3.8) is 0 Å². The second kappa shape index (κ2) is 22.8. The summed E-state index contributed by atoms with van der Waals surface area (Å²) in [5, 5.41) is 32.8. The van der Waals surface area contributed by atoms with E-state index < -0.39 is 154 Å². The lowest BCUT2D eigenvalue weighted by molar-refractivity contribution is -0.745. The largest absolute Gasteiger partial charge is 0.756 e. The number of hydrogen-bond donors (Lipinski definition) is 10. The van der Waals surface area contributed by atoms with Crippen LogP contribution in [0.4, 0.5) is 11.8 Å². The highest BCUT2D eigenvalue weighted by Gasteiger charge is 2.53. The molecule has 3 saturated heterocycles. The molecule has 12 N–H and O–H groups in total. The molecule has 0 radical (unpaired) electrons. The molecule has 0 aromatic carbocycles. The Bertz CT molecular complexity index is 3430. The van der Waals surface area contributed by atoms with Gasteiger partial charge < -0.3 is 79.3 Å². The van der Waals surface area contributed by atoms with Crippen molar-refractivity contribution >= 4 is 71.3 Å². The maximum absolute atomic E-state index is 13.5. The lowest BCUT2D eigenvalue weighted by atomic mass is 9.94. The first kappa shape index (κ1) is 59.0. The van der Waals surface area contributed by atoms with Gasteiger partial charge in [0.05, 0.1) is 39.3 Å². The van der Waals surface area contributed by atoms with Crippen LogP contribution in [0.15, 0.2) is 45.6 Å². The van der Waals surface area contributed by atoms with Crippen molar-refractivity contribution < 1.29 is 108 Å². The SMILES string of the molecule is CCN(C)C(=O)C[C@@H]1[C@@H](COP(=O)(O)OP(=O)(O)OP(=O)(O)OCC2O[C@@H](n3cnc4c(N)ncnc43)[C@H](OC)[C@@H]2OP(=O)([O-])OC[C@H]2O[C@@H](n3ccc(=O)[nH]c3=O)[C@H](O)[C@@H]2O)OC([n+]2cn(C)c3c(=O)[nH]c(N)nc32)[C@@H]1O. The van der Waals surface area contributed by atoms with E-state index in [1.54, 1.807) is 6.92 Å². The number of hydrogen-bond acceptors (Lipinski definition) is 28. The molecule has 42 heteroatoms. The Kier molecular flexibility index (Phi) is 17.2. The van der Waals surface area contributed by atoms with Crippen LogP contribution in [0.3, 0.4) is 0 Å². The maximum Gasteiger partial charge on any atom is 0.490 e. The molecule has 5 aromatic rings. The van der Waals surface area contributed by atoms with Crippen molar-refractivity contribution in [3.05, 3.63) is 62.4 Å². The number of nitrogen functional groups attached to an aromatic ring is 2. The maximum atomic E-state index is 13.5. The molecule has 5 aromatic heterocycles. The van der Waals surface area contributed by atoms with Gasteiger partial charge >= 0.3 is 34.8 Å². The number of aliphatic hydroxyl groups excluding tert-OH is 3. The molecule has 0 aliphatic carbocycles. The van der Waals surface area contributed by atoms with Crippen LogP contribution in [0.2, 0.25) is 0 Å². The minimum atomic E-state index is -6.25. The highest BCUT2D eigenvalue weighted by atomic mass is 31.3. The molecular weight excluding hydrogens is 1140 g/mol. The number of methoxy groups -OCH3 is 1. The number of aryl methyl sites for hydroxylation is 1. The first-order chi connectivity index (χ1) is 36.5. The number of ether oxygens (including phenoxy) is 4. The fourth-order valence-corrected chi connectivity index (χ4v) is 13.1. The van der Waals surface area contributed by atoms with Gasteiger partial charge in [0.25, 0.3) is 24.9 Å². The number of rotatable bonds is 22. The van der Waals surface area contributed by atoms with Crippen LogP contribution < -0.4 is 37.7 Å². The molecule has 6 unspecified atom stereocenters. The van der Waals surface area contributed by atoms with E-state index in [2.05, 4.69) is 33.5 Å². The molecule has 78 heavy (non-hydrogen) atoms. The average Bonchev–Trinajstić information content (AvgIpc) is 4.32. The number of aliphatic hydroxyl groups is 3. The van der Waals surface area contributed by atoms with Crippen LogP contribution in [0.25, 0.3) is 22.3 Å².